The van der Waals surface area contributed by atoms with Crippen LogP contribution in [0.5, 0.6) is 0 Å². The number of carboxylic acid groups (broad SMARTS) is 1. The highest BCUT2D eigenvalue weighted by Crippen LogP contribution is 2.36. The van der Waals surface area contributed by atoms with Crippen LogP contribution in [0.3, 0.4) is 0 Å². The Hall–Kier alpha value is -2.33. The molecular formula is C21H26N2O2. The molecule has 4 nitrogen and oxygen atoms in total. The maximum atomic E-state index is 11.6. The monoisotopic (exact) mass is 338 g/mol. The molecule has 2 aromatic carbocycles. The van der Waals surface area contributed by atoms with Crippen LogP contribution in [0, 0.1) is 0 Å². The third kappa shape index (κ3) is 3.40. The number of carboxylic acids is 1. The average Bonchev–Trinajstić information content (AvgIpc) is 2.59. The number of nitrogens with zero attached hydrogens (tertiary/aromatic N) is 1. The first-order valence-electron chi connectivity index (χ1n) is 8.72. The number of rotatable bonds is 3. The quantitative estimate of drug-likeness (QED) is 0.899. The third-order valence-corrected chi connectivity index (χ3v) is 5.02. The number of anilines is 1. The highest BCUT2D eigenvalue weighted by Gasteiger charge is 2.35. The van der Waals surface area contributed by atoms with Gasteiger partial charge in [0.2, 0.25) is 0 Å². The van der Waals surface area contributed by atoms with Gasteiger partial charge in [-0.25, -0.2) is 0 Å². The summed E-state index contributed by atoms with van der Waals surface area (Å²) in [5.41, 5.74) is 10.7. The minimum atomic E-state index is -0.974. The van der Waals surface area contributed by atoms with Gasteiger partial charge in [0.15, 0.2) is 0 Å². The molecule has 0 amide bonds. The van der Waals surface area contributed by atoms with Gasteiger partial charge in [-0.3, -0.25) is 4.79 Å². The number of nitrogens with two attached hydrogens (primary N) is 1. The number of aliphatic carboxylic acids is 1. The molecule has 0 saturated heterocycles. The second-order valence-corrected chi connectivity index (χ2v) is 7.75. The number of fused-ring (bicyclic) bond motifs is 1. The second kappa shape index (κ2) is 6.52. The molecule has 3 N–H and O–H groups in total. The minimum Gasteiger partial charge on any atom is -0.480 e. The fourth-order valence-electron chi connectivity index (χ4n) is 3.56. The van der Waals surface area contributed by atoms with Crippen LogP contribution in [0.15, 0.2) is 48.5 Å². The highest BCUT2D eigenvalue weighted by atomic mass is 16.4. The number of benzene rings is 2. The molecule has 0 fully saturated rings. The maximum absolute atomic E-state index is 11.6. The first kappa shape index (κ1) is 17.5. The predicted molar refractivity (Wildman–Crippen MR) is 101 cm³/mol. The Morgan fingerprint density at radius 2 is 1.80 bits per heavy atom. The first-order chi connectivity index (χ1) is 11.8. The Labute approximate surface area is 149 Å². The lowest BCUT2D eigenvalue weighted by atomic mass is 9.86. The Bertz CT molecular complexity index is 762. The van der Waals surface area contributed by atoms with Crippen molar-refractivity contribution in [2.24, 2.45) is 5.73 Å². The number of hydrogen-bond acceptors (Lipinski definition) is 3. The van der Waals surface area contributed by atoms with Crippen LogP contribution in [0.1, 0.15) is 43.5 Å². The average molecular weight is 338 g/mol. The molecule has 0 aliphatic carbocycles. The van der Waals surface area contributed by atoms with Crippen LogP contribution in [0.4, 0.5) is 5.69 Å². The van der Waals surface area contributed by atoms with Crippen LogP contribution in [-0.4, -0.2) is 23.7 Å². The molecular weight excluding hydrogens is 312 g/mol. The Kier molecular flexibility index (Phi) is 4.56. The zero-order valence-electron chi connectivity index (χ0n) is 15.1. The van der Waals surface area contributed by atoms with Gasteiger partial charge in [0.05, 0.1) is 6.04 Å². The number of hydrogen-bond donors (Lipinski definition) is 2. The van der Waals surface area contributed by atoms with Gasteiger partial charge in [0.25, 0.3) is 0 Å². The summed E-state index contributed by atoms with van der Waals surface area (Å²) in [7, 11) is 0. The van der Waals surface area contributed by atoms with Crippen LogP contribution in [0.25, 0.3) is 0 Å². The van der Waals surface area contributed by atoms with Crippen molar-refractivity contribution in [1.29, 1.82) is 0 Å². The molecule has 2 atom stereocenters. The molecule has 0 bridgehead atoms. The van der Waals surface area contributed by atoms with Gasteiger partial charge in [0, 0.05) is 12.2 Å². The molecule has 1 heterocycles. The summed E-state index contributed by atoms with van der Waals surface area (Å²) in [6.45, 7) is 7.31. The van der Waals surface area contributed by atoms with E-state index in [1.807, 2.05) is 18.2 Å². The van der Waals surface area contributed by atoms with Crippen molar-refractivity contribution >= 4 is 11.7 Å². The van der Waals surface area contributed by atoms with Gasteiger partial charge in [-0.05, 0) is 40.7 Å². The van der Waals surface area contributed by atoms with Gasteiger partial charge in [-0.2, -0.15) is 0 Å². The Morgan fingerprint density at radius 3 is 2.40 bits per heavy atom. The van der Waals surface area contributed by atoms with Crippen LogP contribution < -0.4 is 10.6 Å². The normalized spacial score (nSPS) is 18.6. The van der Waals surface area contributed by atoms with Gasteiger partial charge >= 0.3 is 5.97 Å². The van der Waals surface area contributed by atoms with Crippen molar-refractivity contribution in [2.45, 2.75) is 44.7 Å². The molecule has 2 aromatic rings. The first-order valence-corrected chi connectivity index (χ1v) is 8.72. The van der Waals surface area contributed by atoms with Crippen molar-refractivity contribution in [3.8, 4) is 0 Å². The molecule has 0 aromatic heterocycles. The van der Waals surface area contributed by atoms with Gasteiger partial charge in [-0.15, -0.1) is 0 Å². The van der Waals surface area contributed by atoms with Gasteiger partial charge < -0.3 is 15.7 Å². The smallest absolute Gasteiger partial charge is 0.322 e. The van der Waals surface area contributed by atoms with E-state index in [0.29, 0.717) is 0 Å². The molecule has 1 aliphatic heterocycles. The molecule has 2 unspecified atom stereocenters. The molecule has 0 spiro atoms. The Morgan fingerprint density at radius 1 is 1.16 bits per heavy atom. The molecule has 0 saturated carbocycles. The predicted octanol–water partition coefficient (Wildman–Crippen LogP) is 3.50. The molecule has 132 valence electrons. The summed E-state index contributed by atoms with van der Waals surface area (Å²) in [6, 6.07) is 15.1. The summed E-state index contributed by atoms with van der Waals surface area (Å²) < 4.78 is 0. The van der Waals surface area contributed by atoms with Gasteiger partial charge in [0.1, 0.15) is 6.04 Å². The van der Waals surface area contributed by atoms with E-state index < -0.39 is 12.0 Å². The molecule has 1 aliphatic rings. The van der Waals surface area contributed by atoms with E-state index in [9.17, 15) is 9.90 Å². The number of carbonyl (C=O) groups is 1. The van der Waals surface area contributed by atoms with E-state index in [-0.39, 0.29) is 11.5 Å². The van der Waals surface area contributed by atoms with Crippen molar-refractivity contribution in [3.63, 3.8) is 0 Å². The van der Waals surface area contributed by atoms with Crippen molar-refractivity contribution < 1.29 is 9.90 Å². The van der Waals surface area contributed by atoms with E-state index in [1.165, 1.54) is 11.1 Å². The fraction of sp³-hybridized carbons (Fsp3) is 0.381. The third-order valence-electron chi connectivity index (χ3n) is 5.02. The summed E-state index contributed by atoms with van der Waals surface area (Å²) in [5.74, 6) is -0.974. The molecule has 25 heavy (non-hydrogen) atoms. The minimum absolute atomic E-state index is 0.0872. The van der Waals surface area contributed by atoms with Crippen LogP contribution in [0.2, 0.25) is 0 Å². The van der Waals surface area contributed by atoms with E-state index in [4.69, 9.17) is 5.73 Å². The topological polar surface area (TPSA) is 66.6 Å². The highest BCUT2D eigenvalue weighted by molar-refractivity contribution is 5.76. The van der Waals surface area contributed by atoms with Crippen molar-refractivity contribution in [1.82, 2.24) is 0 Å². The van der Waals surface area contributed by atoms with Crippen molar-refractivity contribution in [2.75, 3.05) is 11.4 Å². The molecule has 3 rings (SSSR count). The lowest BCUT2D eigenvalue weighted by Gasteiger charge is -2.41. The standard InChI is InChI=1S/C21H26N2O2/c1-21(2,3)15-8-10-16(11-9-15)23-13-12-14-6-4-5-7-17(14)19(23)18(22)20(24)25/h4-11,18-19H,12-13,22H2,1-3H3,(H,24,25). The SMILES string of the molecule is CC(C)(C)c1ccc(N2CCc3ccccc3C2C(N)C(=O)O)cc1. The zero-order chi connectivity index (χ0) is 18.2. The lowest BCUT2D eigenvalue weighted by molar-refractivity contribution is -0.139. The van der Waals surface area contributed by atoms with E-state index in [1.54, 1.807) is 0 Å². The maximum Gasteiger partial charge on any atom is 0.322 e. The second-order valence-electron chi connectivity index (χ2n) is 7.75. The fourth-order valence-corrected chi connectivity index (χ4v) is 3.56. The molecule has 4 heteroatoms. The van der Waals surface area contributed by atoms with Crippen LogP contribution in [-0.2, 0) is 16.6 Å². The summed E-state index contributed by atoms with van der Waals surface area (Å²) in [4.78, 5) is 13.8. The van der Waals surface area contributed by atoms with Gasteiger partial charge in [-0.1, -0.05) is 57.2 Å². The summed E-state index contributed by atoms with van der Waals surface area (Å²) in [6.07, 6.45) is 0.889. The Balaban J connectivity index is 2.01. The summed E-state index contributed by atoms with van der Waals surface area (Å²) >= 11 is 0. The zero-order valence-corrected chi connectivity index (χ0v) is 15.1. The van der Waals surface area contributed by atoms with E-state index >= 15 is 0 Å². The van der Waals surface area contributed by atoms with E-state index in [0.717, 1.165) is 24.2 Å². The molecule has 0 radical (unpaired) electrons. The summed E-state index contributed by atoms with van der Waals surface area (Å²) in [5, 5.41) is 9.52. The largest absolute Gasteiger partial charge is 0.480 e. The lowest BCUT2D eigenvalue weighted by Crippen LogP contribution is -2.49. The van der Waals surface area contributed by atoms with Crippen molar-refractivity contribution in [3.05, 3.63) is 65.2 Å². The van der Waals surface area contributed by atoms with E-state index in [2.05, 4.69) is 56.0 Å². The van der Waals surface area contributed by atoms with Crippen LogP contribution >= 0.6 is 0 Å².